The maximum absolute atomic E-state index is 13.7. The predicted molar refractivity (Wildman–Crippen MR) is 157 cm³/mol. The molecule has 0 saturated heterocycles. The fourth-order valence-corrected chi connectivity index (χ4v) is 4.70. The van der Waals surface area contributed by atoms with Crippen molar-refractivity contribution in [3.05, 3.63) is 142 Å². The van der Waals surface area contributed by atoms with Gasteiger partial charge in [0.1, 0.15) is 0 Å². The van der Waals surface area contributed by atoms with Crippen LogP contribution in [-0.2, 0) is 11.3 Å². The number of hydrogen-bond acceptors (Lipinski definition) is 3. The molecule has 0 atom stereocenters. The summed E-state index contributed by atoms with van der Waals surface area (Å²) in [5.74, 6) is -1.30. The van der Waals surface area contributed by atoms with Gasteiger partial charge in [0.05, 0.1) is 6.42 Å². The van der Waals surface area contributed by atoms with E-state index in [1.807, 2.05) is 53.4 Å². The van der Waals surface area contributed by atoms with E-state index in [0.29, 0.717) is 29.2 Å². The van der Waals surface area contributed by atoms with Crippen molar-refractivity contribution in [3.63, 3.8) is 0 Å². The third-order valence-electron chi connectivity index (χ3n) is 6.68. The van der Waals surface area contributed by atoms with Gasteiger partial charge in [-0.25, -0.2) is 0 Å². The molecule has 0 aromatic heterocycles. The number of hydrogen-bond donors (Lipinski definition) is 2. The number of aliphatic carboxylic acids is 1. The lowest BCUT2D eigenvalue weighted by molar-refractivity contribution is -0.136. The number of carbonyl (C=O) groups excluding carboxylic acids is 2. The van der Waals surface area contributed by atoms with Crippen molar-refractivity contribution in [3.8, 4) is 0 Å². The number of halogens is 1. The molecule has 0 bridgehead atoms. The Hall–Kier alpha value is -4.42. The van der Waals surface area contributed by atoms with Crippen LogP contribution in [-0.4, -0.2) is 40.9 Å². The molecule has 0 aliphatic heterocycles. The van der Waals surface area contributed by atoms with E-state index in [-0.39, 0.29) is 30.7 Å². The quantitative estimate of drug-likeness (QED) is 0.212. The minimum Gasteiger partial charge on any atom is -0.481 e. The Morgan fingerprint density at radius 3 is 1.85 bits per heavy atom. The highest BCUT2D eigenvalue weighted by atomic mass is 35.5. The highest BCUT2D eigenvalue weighted by Gasteiger charge is 2.21. The van der Waals surface area contributed by atoms with E-state index in [2.05, 4.69) is 29.6 Å². The second-order valence-electron chi connectivity index (χ2n) is 9.49. The number of carboxylic acids is 1. The number of carbonyl (C=O) groups is 3. The predicted octanol–water partition coefficient (Wildman–Crippen LogP) is 6.41. The minimum absolute atomic E-state index is 0.0588. The molecule has 40 heavy (non-hydrogen) atoms. The molecule has 0 spiro atoms. The summed E-state index contributed by atoms with van der Waals surface area (Å²) in [7, 11) is 0. The molecule has 0 aliphatic rings. The second-order valence-corrected chi connectivity index (χ2v) is 9.93. The summed E-state index contributed by atoms with van der Waals surface area (Å²) >= 11 is 6.06. The van der Waals surface area contributed by atoms with Gasteiger partial charge in [0.2, 0.25) is 0 Å². The van der Waals surface area contributed by atoms with E-state index in [1.165, 1.54) is 11.1 Å². The molecule has 2 amide bonds. The lowest BCUT2D eigenvalue weighted by atomic mass is 9.88. The molecule has 4 aromatic carbocycles. The van der Waals surface area contributed by atoms with Crippen molar-refractivity contribution in [1.82, 2.24) is 10.2 Å². The summed E-state index contributed by atoms with van der Waals surface area (Å²) in [6.45, 7) is 0.926. The molecule has 0 unspecified atom stereocenters. The zero-order chi connectivity index (χ0) is 28.3. The van der Waals surface area contributed by atoms with Crippen LogP contribution in [0.4, 0.5) is 0 Å². The van der Waals surface area contributed by atoms with Crippen molar-refractivity contribution in [2.75, 3.05) is 13.1 Å². The first kappa shape index (κ1) is 28.6. The topological polar surface area (TPSA) is 86.7 Å². The van der Waals surface area contributed by atoms with Gasteiger partial charge in [-0.05, 0) is 59.5 Å². The number of carboxylic acid groups (broad SMARTS) is 1. The molecule has 2 N–H and O–H groups in total. The normalized spacial score (nSPS) is 10.8. The number of nitrogens with one attached hydrogen (secondary N) is 1. The molecular formula is C33H31ClN2O4. The zero-order valence-corrected chi connectivity index (χ0v) is 22.8. The van der Waals surface area contributed by atoms with Gasteiger partial charge in [-0.15, -0.1) is 0 Å². The Morgan fingerprint density at radius 2 is 1.30 bits per heavy atom. The van der Waals surface area contributed by atoms with Gasteiger partial charge in [0, 0.05) is 41.7 Å². The van der Waals surface area contributed by atoms with Gasteiger partial charge in [-0.2, -0.15) is 0 Å². The van der Waals surface area contributed by atoms with Gasteiger partial charge in [-0.1, -0.05) is 84.4 Å². The van der Waals surface area contributed by atoms with Crippen molar-refractivity contribution in [2.45, 2.75) is 25.3 Å². The molecule has 4 aromatic rings. The van der Waals surface area contributed by atoms with Crippen LogP contribution in [0.15, 0.2) is 109 Å². The van der Waals surface area contributed by atoms with Crippen LogP contribution in [0.25, 0.3) is 0 Å². The highest BCUT2D eigenvalue weighted by Crippen LogP contribution is 2.29. The summed E-state index contributed by atoms with van der Waals surface area (Å²) in [5.41, 5.74) is 4.23. The fourth-order valence-electron chi connectivity index (χ4n) is 4.58. The van der Waals surface area contributed by atoms with E-state index >= 15 is 0 Å². The summed E-state index contributed by atoms with van der Waals surface area (Å²) in [6.07, 6.45) is 0.579. The Morgan fingerprint density at radius 1 is 0.750 bits per heavy atom. The zero-order valence-electron chi connectivity index (χ0n) is 22.0. The first-order valence-corrected chi connectivity index (χ1v) is 13.5. The van der Waals surface area contributed by atoms with Gasteiger partial charge in [0.25, 0.3) is 11.8 Å². The fraction of sp³-hybridized carbons (Fsp3) is 0.182. The van der Waals surface area contributed by atoms with Gasteiger partial charge >= 0.3 is 5.97 Å². The summed E-state index contributed by atoms with van der Waals surface area (Å²) < 4.78 is 0. The number of amides is 2. The smallest absolute Gasteiger partial charge is 0.305 e. The molecule has 7 heteroatoms. The Kier molecular flexibility index (Phi) is 10.1. The van der Waals surface area contributed by atoms with Gasteiger partial charge in [0.15, 0.2) is 0 Å². The largest absolute Gasteiger partial charge is 0.481 e. The van der Waals surface area contributed by atoms with Gasteiger partial charge in [-0.3, -0.25) is 14.4 Å². The third-order valence-corrected chi connectivity index (χ3v) is 6.94. The minimum atomic E-state index is -0.970. The molecule has 6 nitrogen and oxygen atoms in total. The molecule has 0 radical (unpaired) electrons. The summed E-state index contributed by atoms with van der Waals surface area (Å²) in [6, 6.07) is 34.5. The van der Waals surface area contributed by atoms with Crippen LogP contribution in [0.3, 0.4) is 0 Å². The van der Waals surface area contributed by atoms with Crippen LogP contribution >= 0.6 is 11.6 Å². The van der Waals surface area contributed by atoms with E-state index in [1.54, 1.807) is 36.4 Å². The molecular weight excluding hydrogens is 524 g/mol. The third kappa shape index (κ3) is 8.04. The van der Waals surface area contributed by atoms with E-state index in [0.717, 1.165) is 12.0 Å². The van der Waals surface area contributed by atoms with E-state index in [9.17, 15) is 14.4 Å². The Balaban J connectivity index is 1.54. The van der Waals surface area contributed by atoms with Crippen molar-refractivity contribution < 1.29 is 19.5 Å². The van der Waals surface area contributed by atoms with Crippen molar-refractivity contribution in [2.24, 2.45) is 0 Å². The number of rotatable bonds is 12. The molecule has 4 rings (SSSR count). The summed E-state index contributed by atoms with van der Waals surface area (Å²) in [4.78, 5) is 38.5. The molecule has 0 heterocycles. The lowest BCUT2D eigenvalue weighted by Crippen LogP contribution is -2.32. The van der Waals surface area contributed by atoms with E-state index in [4.69, 9.17) is 16.7 Å². The standard InChI is InChI=1S/C33H31ClN2O4/c34-29-17-15-28(16-18-29)33(40)36(23-24-11-13-27(14-12-24)32(39)35-21-19-31(37)38)22-20-30(25-7-3-1-4-8-25)26-9-5-2-6-10-26/h1-18,30H,19-23H2,(H,35,39)(H,37,38). The van der Waals surface area contributed by atoms with Crippen molar-refractivity contribution >= 4 is 29.4 Å². The molecule has 0 saturated carbocycles. The lowest BCUT2D eigenvalue weighted by Gasteiger charge is -2.26. The van der Waals surface area contributed by atoms with Crippen LogP contribution in [0.5, 0.6) is 0 Å². The SMILES string of the molecule is O=C(O)CCNC(=O)c1ccc(CN(CCC(c2ccccc2)c2ccccc2)C(=O)c2ccc(Cl)cc2)cc1. The number of benzene rings is 4. The van der Waals surface area contributed by atoms with Gasteiger partial charge < -0.3 is 15.3 Å². The van der Waals surface area contributed by atoms with Crippen LogP contribution in [0.2, 0.25) is 5.02 Å². The molecule has 0 aliphatic carbocycles. The average molecular weight is 555 g/mol. The maximum atomic E-state index is 13.7. The molecule has 0 fully saturated rings. The highest BCUT2D eigenvalue weighted by molar-refractivity contribution is 6.30. The monoisotopic (exact) mass is 554 g/mol. The summed E-state index contributed by atoms with van der Waals surface area (Å²) in [5, 5.41) is 11.9. The van der Waals surface area contributed by atoms with E-state index < -0.39 is 5.97 Å². The van der Waals surface area contributed by atoms with Crippen molar-refractivity contribution in [1.29, 1.82) is 0 Å². The first-order valence-electron chi connectivity index (χ1n) is 13.1. The maximum Gasteiger partial charge on any atom is 0.305 e. The first-order chi connectivity index (χ1) is 19.4. The molecule has 204 valence electrons. The Labute approximate surface area is 239 Å². The van der Waals surface area contributed by atoms with Crippen LogP contribution in [0, 0.1) is 0 Å². The average Bonchev–Trinajstić information content (AvgIpc) is 2.98. The van der Waals surface area contributed by atoms with Crippen LogP contribution < -0.4 is 5.32 Å². The Bertz CT molecular complexity index is 1370. The second kappa shape index (κ2) is 14.1. The number of nitrogens with zero attached hydrogens (tertiary/aromatic N) is 1. The van der Waals surface area contributed by atoms with Crippen LogP contribution in [0.1, 0.15) is 56.2 Å².